The van der Waals surface area contributed by atoms with E-state index in [0.717, 1.165) is 80.6 Å². The fourth-order valence-electron chi connectivity index (χ4n) is 10.7. The first kappa shape index (κ1) is 29.6. The first-order valence-corrected chi connectivity index (χ1v) is 17.0. The molecule has 0 radical (unpaired) electrons. The molecule has 0 spiro atoms. The summed E-state index contributed by atoms with van der Waals surface area (Å²) in [4.78, 5) is 0. The van der Waals surface area contributed by atoms with E-state index in [1.165, 1.54) is 95.7 Å². The van der Waals surface area contributed by atoms with Crippen molar-refractivity contribution in [2.45, 2.75) is 123 Å². The van der Waals surface area contributed by atoms with Gasteiger partial charge in [-0.25, -0.2) is 0 Å². The standard InChI is InChI=1S/C33H60N6/c1-24(8-6-9-27-23-37-39-38-27)29-12-13-30-28-11-10-25-22-26(36-21-7-20-35-19-5-4-18-34)14-16-32(25,2)31(28)15-17-33(29,30)3/h24-26,28-31,35-36H,4-23,34H2,1-3H3/t24-,25+,26+,28?,29-,30?,31?,32+,33-/m1/s1. The van der Waals surface area contributed by atoms with Crippen molar-refractivity contribution in [3.63, 3.8) is 0 Å². The van der Waals surface area contributed by atoms with Crippen LogP contribution in [0.25, 0.3) is 0 Å². The summed E-state index contributed by atoms with van der Waals surface area (Å²) >= 11 is 0. The number of nitrogens with zero attached hydrogens (tertiary/aromatic N) is 3. The van der Waals surface area contributed by atoms with Crippen LogP contribution in [-0.2, 0) is 0 Å². The molecule has 5 aliphatic rings. The summed E-state index contributed by atoms with van der Waals surface area (Å²) in [6.45, 7) is 13.0. The van der Waals surface area contributed by atoms with Crippen LogP contribution in [0.2, 0.25) is 0 Å². The van der Waals surface area contributed by atoms with Crippen molar-refractivity contribution >= 4 is 5.71 Å². The van der Waals surface area contributed by atoms with Gasteiger partial charge in [-0.05, 0) is 168 Å². The number of rotatable bonds is 14. The highest BCUT2D eigenvalue weighted by Crippen LogP contribution is 2.68. The van der Waals surface area contributed by atoms with Gasteiger partial charge in [0.05, 0.1) is 5.71 Å². The van der Waals surface area contributed by atoms with Gasteiger partial charge in [-0.3, -0.25) is 0 Å². The molecule has 0 aromatic carbocycles. The highest BCUT2D eigenvalue weighted by molar-refractivity contribution is 5.86. The molecule has 5 rings (SSSR count). The lowest BCUT2D eigenvalue weighted by Gasteiger charge is -2.61. The summed E-state index contributed by atoms with van der Waals surface area (Å²) in [5, 5.41) is 19.6. The molecule has 1 heterocycles. The minimum Gasteiger partial charge on any atom is -0.330 e. The lowest BCUT2D eigenvalue weighted by molar-refractivity contribution is -0.118. The molecule has 0 saturated heterocycles. The van der Waals surface area contributed by atoms with Crippen molar-refractivity contribution in [3.05, 3.63) is 0 Å². The first-order chi connectivity index (χ1) is 19.0. The quantitative estimate of drug-likeness (QED) is 0.208. The average Bonchev–Trinajstić information content (AvgIpc) is 3.57. The molecule has 4 N–H and O–H groups in total. The lowest BCUT2D eigenvalue weighted by atomic mass is 9.44. The third-order valence-electron chi connectivity index (χ3n) is 12.8. The van der Waals surface area contributed by atoms with Gasteiger partial charge in [0.15, 0.2) is 0 Å². The Hall–Kier alpha value is -0.850. The summed E-state index contributed by atoms with van der Waals surface area (Å²) < 4.78 is 0. The Kier molecular flexibility index (Phi) is 10.2. The summed E-state index contributed by atoms with van der Waals surface area (Å²) in [7, 11) is 0. The zero-order chi connectivity index (χ0) is 27.3. The first-order valence-electron chi connectivity index (χ1n) is 17.0. The third-order valence-corrected chi connectivity index (χ3v) is 12.8. The predicted octanol–water partition coefficient (Wildman–Crippen LogP) is 6.95. The van der Waals surface area contributed by atoms with Crippen LogP contribution in [0.3, 0.4) is 0 Å². The van der Waals surface area contributed by atoms with Crippen molar-refractivity contribution in [2.24, 2.45) is 67.5 Å². The number of nitrogens with two attached hydrogens (primary N) is 1. The second-order valence-electron chi connectivity index (χ2n) is 14.8. The molecular weight excluding hydrogens is 480 g/mol. The van der Waals surface area contributed by atoms with E-state index in [-0.39, 0.29) is 0 Å². The fourth-order valence-corrected chi connectivity index (χ4v) is 10.7. The van der Waals surface area contributed by atoms with Crippen molar-refractivity contribution in [3.8, 4) is 0 Å². The molecule has 4 saturated carbocycles. The van der Waals surface area contributed by atoms with E-state index >= 15 is 0 Å². The number of unbranched alkanes of at least 4 members (excludes halogenated alkanes) is 1. The van der Waals surface area contributed by atoms with Crippen LogP contribution in [0.5, 0.6) is 0 Å². The van der Waals surface area contributed by atoms with Gasteiger partial charge in [-0.1, -0.05) is 27.2 Å². The minimum atomic E-state index is 0.580. The van der Waals surface area contributed by atoms with Crippen LogP contribution in [0.4, 0.5) is 0 Å². The van der Waals surface area contributed by atoms with Crippen molar-refractivity contribution < 1.29 is 0 Å². The van der Waals surface area contributed by atoms with E-state index in [0.29, 0.717) is 10.8 Å². The monoisotopic (exact) mass is 540 g/mol. The van der Waals surface area contributed by atoms with Gasteiger partial charge in [-0.2, -0.15) is 5.11 Å². The molecule has 9 atom stereocenters. The van der Waals surface area contributed by atoms with Gasteiger partial charge in [0.25, 0.3) is 0 Å². The van der Waals surface area contributed by atoms with Crippen LogP contribution < -0.4 is 16.4 Å². The highest BCUT2D eigenvalue weighted by atomic mass is 15.4. The Bertz CT molecular complexity index is 842. The van der Waals surface area contributed by atoms with Crippen LogP contribution in [0, 0.1) is 46.3 Å². The third kappa shape index (κ3) is 6.48. The number of hydrogen-bond acceptors (Lipinski definition) is 6. The molecular formula is C33H60N6. The maximum Gasteiger partial charge on any atom is 0.102 e. The van der Waals surface area contributed by atoms with Crippen molar-refractivity contribution in [1.29, 1.82) is 0 Å². The number of nitrogens with one attached hydrogen (secondary N) is 2. The smallest absolute Gasteiger partial charge is 0.102 e. The second-order valence-corrected chi connectivity index (χ2v) is 14.8. The Labute approximate surface area is 239 Å². The van der Waals surface area contributed by atoms with E-state index in [2.05, 4.69) is 46.8 Å². The highest BCUT2D eigenvalue weighted by Gasteiger charge is 2.60. The van der Waals surface area contributed by atoms with Crippen LogP contribution in [-0.4, -0.2) is 44.5 Å². The van der Waals surface area contributed by atoms with E-state index in [1.807, 2.05) is 0 Å². The molecule has 6 nitrogen and oxygen atoms in total. The fraction of sp³-hybridized carbons (Fsp3) is 0.970. The SMILES string of the molecule is C[C@H](CCCC1=NN=NC1)[C@H]1CCC2C3CC[C@H]4C[C@@H](NCCCNCCCCN)CC[C@]4(C)C3CC[C@@]21C. The summed E-state index contributed by atoms with van der Waals surface area (Å²) in [6, 6.07) is 0.750. The second kappa shape index (κ2) is 13.4. The average molecular weight is 541 g/mol. The normalized spacial score (nSPS) is 40.2. The summed E-state index contributed by atoms with van der Waals surface area (Å²) in [6.07, 6.45) is 20.5. The molecule has 1 aliphatic heterocycles. The lowest BCUT2D eigenvalue weighted by Crippen LogP contribution is -2.55. The molecule has 222 valence electrons. The molecule has 6 heteroatoms. The van der Waals surface area contributed by atoms with E-state index in [1.54, 1.807) is 0 Å². The largest absolute Gasteiger partial charge is 0.330 e. The Morgan fingerprint density at radius 2 is 1.72 bits per heavy atom. The molecule has 3 unspecified atom stereocenters. The van der Waals surface area contributed by atoms with Crippen molar-refractivity contribution in [1.82, 2.24) is 10.6 Å². The zero-order valence-corrected chi connectivity index (χ0v) is 25.6. The Morgan fingerprint density at radius 1 is 0.897 bits per heavy atom. The molecule has 0 amide bonds. The Morgan fingerprint density at radius 3 is 2.54 bits per heavy atom. The maximum absolute atomic E-state index is 5.60. The molecule has 4 aliphatic carbocycles. The molecule has 4 fully saturated rings. The van der Waals surface area contributed by atoms with E-state index < -0.39 is 0 Å². The van der Waals surface area contributed by atoms with Gasteiger partial charge < -0.3 is 16.4 Å². The number of fused-ring (bicyclic) bond motifs is 5. The van der Waals surface area contributed by atoms with Crippen LogP contribution in [0.1, 0.15) is 117 Å². The van der Waals surface area contributed by atoms with Gasteiger partial charge >= 0.3 is 0 Å². The van der Waals surface area contributed by atoms with Crippen molar-refractivity contribution in [2.75, 3.05) is 32.7 Å². The summed E-state index contributed by atoms with van der Waals surface area (Å²) in [5.74, 6) is 5.65. The molecule has 0 aromatic heterocycles. The summed E-state index contributed by atoms with van der Waals surface area (Å²) in [5.41, 5.74) is 7.96. The Balaban J connectivity index is 1.09. The predicted molar refractivity (Wildman–Crippen MR) is 163 cm³/mol. The molecule has 0 aromatic rings. The molecule has 39 heavy (non-hydrogen) atoms. The van der Waals surface area contributed by atoms with E-state index in [9.17, 15) is 0 Å². The maximum atomic E-state index is 5.60. The minimum absolute atomic E-state index is 0.580. The molecule has 0 bridgehead atoms. The van der Waals surface area contributed by atoms with Gasteiger partial charge in [0.2, 0.25) is 0 Å². The van der Waals surface area contributed by atoms with Gasteiger partial charge in [-0.15, -0.1) is 5.10 Å². The van der Waals surface area contributed by atoms with Gasteiger partial charge in [0, 0.05) is 6.04 Å². The topological polar surface area (TPSA) is 87.2 Å². The van der Waals surface area contributed by atoms with Crippen LogP contribution in [0.15, 0.2) is 15.4 Å². The van der Waals surface area contributed by atoms with Gasteiger partial charge in [0.1, 0.15) is 6.54 Å². The zero-order valence-electron chi connectivity index (χ0n) is 25.6. The van der Waals surface area contributed by atoms with E-state index in [4.69, 9.17) is 5.73 Å². The number of hydrogen-bond donors (Lipinski definition) is 3. The van der Waals surface area contributed by atoms with Crippen LogP contribution >= 0.6 is 0 Å².